The van der Waals surface area contributed by atoms with Crippen molar-refractivity contribution < 1.29 is 17.9 Å². The zero-order valence-corrected chi connectivity index (χ0v) is 27.5. The molecule has 8 nitrogen and oxygen atoms in total. The predicted octanol–water partition coefficient (Wildman–Crippen LogP) is 6.60. The zero-order valence-electron chi connectivity index (χ0n) is 26.7. The Morgan fingerprint density at radius 2 is 1.69 bits per heavy atom. The Kier molecular flexibility index (Phi) is 10.1. The van der Waals surface area contributed by atoms with Crippen LogP contribution in [0.25, 0.3) is 0 Å². The van der Waals surface area contributed by atoms with Crippen molar-refractivity contribution >= 4 is 27.8 Å². The van der Waals surface area contributed by atoms with Crippen LogP contribution in [0.15, 0.2) is 83.9 Å². The van der Waals surface area contributed by atoms with E-state index in [9.17, 15) is 13.2 Å². The highest BCUT2D eigenvalue weighted by Crippen LogP contribution is 2.37. The molecular formula is C36H44N4O4S. The second-order valence-corrected chi connectivity index (χ2v) is 14.0. The minimum Gasteiger partial charge on any atom is -0.457 e. The van der Waals surface area contributed by atoms with Crippen LogP contribution >= 0.6 is 0 Å². The molecule has 1 saturated heterocycles. The summed E-state index contributed by atoms with van der Waals surface area (Å²) < 4.78 is 31.3. The minimum absolute atomic E-state index is 0.0880. The van der Waals surface area contributed by atoms with Crippen molar-refractivity contribution in [2.75, 3.05) is 30.6 Å². The number of rotatable bonds is 12. The van der Waals surface area contributed by atoms with Crippen molar-refractivity contribution in [2.24, 2.45) is 4.99 Å². The molecule has 0 bridgehead atoms. The quantitative estimate of drug-likeness (QED) is 0.244. The standard InChI is InChI=1S/C36H44N4O4S/c1-5-6-22-40(35(41)36(20-7-21-37-36)34-25-27(2)8-9-28(34)3)31-18-23-39(24-19-31)26-29-10-14-32(15-11-29)44-33-16-12-30(13-17-33)38-45(4,42)43/h7-17,20-21,25,31,38H,5-6,18-19,22-24,26H2,1-4H3. The molecule has 9 heteroatoms. The van der Waals surface area contributed by atoms with E-state index in [4.69, 9.17) is 9.73 Å². The number of hydrogen-bond donors (Lipinski definition) is 1. The van der Waals surface area contributed by atoms with Crippen LogP contribution in [0, 0.1) is 13.8 Å². The number of ether oxygens (including phenoxy) is 1. The molecule has 5 rings (SSSR count). The smallest absolute Gasteiger partial charge is 0.259 e. The maximum absolute atomic E-state index is 14.5. The van der Waals surface area contributed by atoms with Crippen LogP contribution < -0.4 is 9.46 Å². The maximum atomic E-state index is 14.5. The van der Waals surface area contributed by atoms with E-state index in [1.807, 2.05) is 24.3 Å². The lowest BCUT2D eigenvalue weighted by Gasteiger charge is -2.41. The molecule has 2 aliphatic rings. The van der Waals surface area contributed by atoms with Gasteiger partial charge in [0.1, 0.15) is 11.5 Å². The number of hydrogen-bond acceptors (Lipinski definition) is 6. The minimum atomic E-state index is -3.32. The van der Waals surface area contributed by atoms with E-state index in [0.29, 0.717) is 17.2 Å². The van der Waals surface area contributed by atoms with Gasteiger partial charge in [0.2, 0.25) is 10.0 Å². The Bertz CT molecular complexity index is 1630. The van der Waals surface area contributed by atoms with Gasteiger partial charge in [0.15, 0.2) is 5.54 Å². The Morgan fingerprint density at radius 3 is 2.29 bits per heavy atom. The summed E-state index contributed by atoms with van der Waals surface area (Å²) in [5, 5.41) is 0. The molecule has 1 fully saturated rings. The van der Waals surface area contributed by atoms with Crippen LogP contribution in [0.3, 0.4) is 0 Å². The van der Waals surface area contributed by atoms with Crippen molar-refractivity contribution in [2.45, 2.75) is 64.6 Å². The van der Waals surface area contributed by atoms with Gasteiger partial charge in [-0.1, -0.05) is 49.2 Å². The summed E-state index contributed by atoms with van der Waals surface area (Å²) in [6.45, 7) is 9.72. The van der Waals surface area contributed by atoms with Crippen molar-refractivity contribution in [1.82, 2.24) is 9.80 Å². The van der Waals surface area contributed by atoms with E-state index in [-0.39, 0.29) is 11.9 Å². The lowest BCUT2D eigenvalue weighted by Crippen LogP contribution is -2.53. The van der Waals surface area contributed by atoms with E-state index in [1.165, 1.54) is 5.56 Å². The Morgan fingerprint density at radius 1 is 1.02 bits per heavy atom. The van der Waals surface area contributed by atoms with E-state index < -0.39 is 15.6 Å². The van der Waals surface area contributed by atoms with Crippen molar-refractivity contribution in [3.05, 3.63) is 101 Å². The number of aliphatic imine (C=N–C) groups is 1. The van der Waals surface area contributed by atoms with Crippen LogP contribution in [-0.4, -0.2) is 62.3 Å². The van der Waals surface area contributed by atoms with Gasteiger partial charge in [-0.25, -0.2) is 8.42 Å². The number of amides is 1. The summed E-state index contributed by atoms with van der Waals surface area (Å²) in [5.74, 6) is 1.43. The number of aryl methyl sites for hydroxylation is 2. The van der Waals surface area contributed by atoms with Gasteiger partial charge < -0.3 is 9.64 Å². The van der Waals surface area contributed by atoms with Crippen LogP contribution in [0.4, 0.5) is 5.69 Å². The highest BCUT2D eigenvalue weighted by molar-refractivity contribution is 7.92. The lowest BCUT2D eigenvalue weighted by molar-refractivity contribution is -0.139. The van der Waals surface area contributed by atoms with Gasteiger partial charge in [-0.3, -0.25) is 19.4 Å². The lowest BCUT2D eigenvalue weighted by atomic mass is 9.84. The summed E-state index contributed by atoms with van der Waals surface area (Å²) in [6.07, 6.45) is 10.6. The number of unbranched alkanes of at least 4 members (excludes halogenated alkanes) is 1. The predicted molar refractivity (Wildman–Crippen MR) is 182 cm³/mol. The van der Waals surface area contributed by atoms with Gasteiger partial charge in [-0.05, 0) is 98.4 Å². The molecule has 0 spiro atoms. The Labute approximate surface area is 267 Å². The van der Waals surface area contributed by atoms with E-state index in [0.717, 1.165) is 74.8 Å². The second kappa shape index (κ2) is 14.0. The molecule has 238 valence electrons. The van der Waals surface area contributed by atoms with E-state index >= 15 is 0 Å². The first-order chi connectivity index (χ1) is 21.6. The van der Waals surface area contributed by atoms with Gasteiger partial charge in [0, 0.05) is 44.1 Å². The average molecular weight is 629 g/mol. The van der Waals surface area contributed by atoms with Gasteiger partial charge in [-0.15, -0.1) is 0 Å². The molecule has 0 aromatic heterocycles. The molecule has 1 amide bonds. The third-order valence-electron chi connectivity index (χ3n) is 8.57. The molecule has 2 aliphatic heterocycles. The van der Waals surface area contributed by atoms with Crippen molar-refractivity contribution in [3.63, 3.8) is 0 Å². The third kappa shape index (κ3) is 8.02. The molecule has 0 radical (unpaired) electrons. The molecule has 1 N–H and O–H groups in total. The number of sulfonamides is 1. The molecule has 0 aliphatic carbocycles. The van der Waals surface area contributed by atoms with Gasteiger partial charge in [0.05, 0.1) is 6.26 Å². The van der Waals surface area contributed by atoms with Gasteiger partial charge >= 0.3 is 0 Å². The number of nitrogens with one attached hydrogen (secondary N) is 1. The number of anilines is 1. The van der Waals surface area contributed by atoms with E-state index in [1.54, 1.807) is 30.5 Å². The molecular weight excluding hydrogens is 584 g/mol. The van der Waals surface area contributed by atoms with Crippen LogP contribution in [0.5, 0.6) is 11.5 Å². The van der Waals surface area contributed by atoms with Crippen LogP contribution in [0.2, 0.25) is 0 Å². The molecule has 0 saturated carbocycles. The summed E-state index contributed by atoms with van der Waals surface area (Å²) in [7, 11) is -3.32. The zero-order chi connectivity index (χ0) is 32.0. The summed E-state index contributed by atoms with van der Waals surface area (Å²) in [5.41, 5.74) is 3.89. The monoisotopic (exact) mass is 628 g/mol. The van der Waals surface area contributed by atoms with Gasteiger partial charge in [0.25, 0.3) is 5.91 Å². The number of allylic oxidation sites excluding steroid dienone is 1. The van der Waals surface area contributed by atoms with Crippen molar-refractivity contribution in [3.8, 4) is 11.5 Å². The number of piperidine rings is 1. The van der Waals surface area contributed by atoms with Crippen LogP contribution in [0.1, 0.15) is 54.9 Å². The molecule has 3 aromatic rings. The Hall–Kier alpha value is -3.95. The number of benzene rings is 3. The van der Waals surface area contributed by atoms with Crippen LogP contribution in [-0.2, 0) is 26.9 Å². The first-order valence-corrected chi connectivity index (χ1v) is 17.6. The molecule has 2 heterocycles. The van der Waals surface area contributed by atoms with Gasteiger partial charge in [-0.2, -0.15) is 0 Å². The average Bonchev–Trinajstić information content (AvgIpc) is 3.52. The summed E-state index contributed by atoms with van der Waals surface area (Å²) in [6, 6.07) is 21.4. The number of carbonyl (C=O) groups excluding carboxylic acids is 1. The SMILES string of the molecule is CCCCN(C(=O)C1(c2cc(C)ccc2C)C=CC=N1)C1CCN(Cc2ccc(Oc3ccc(NS(C)(=O)=O)cc3)cc2)CC1. The molecule has 3 aromatic carbocycles. The second-order valence-electron chi connectivity index (χ2n) is 12.2. The number of nitrogens with zero attached hydrogens (tertiary/aromatic N) is 3. The maximum Gasteiger partial charge on any atom is 0.259 e. The first-order valence-electron chi connectivity index (χ1n) is 15.7. The fourth-order valence-corrected chi connectivity index (χ4v) is 6.75. The first kappa shape index (κ1) is 32.4. The third-order valence-corrected chi connectivity index (χ3v) is 9.17. The number of carbonyl (C=O) groups is 1. The topological polar surface area (TPSA) is 91.3 Å². The molecule has 1 unspecified atom stereocenters. The van der Waals surface area contributed by atoms with E-state index in [2.05, 4.69) is 65.6 Å². The molecule has 1 atom stereocenters. The fraction of sp³-hybridized carbons (Fsp3) is 0.389. The Balaban J connectivity index is 1.20. The number of likely N-dealkylation sites (tertiary alicyclic amines) is 1. The fourth-order valence-electron chi connectivity index (χ4n) is 6.18. The summed E-state index contributed by atoms with van der Waals surface area (Å²) in [4.78, 5) is 23.8. The summed E-state index contributed by atoms with van der Waals surface area (Å²) >= 11 is 0. The highest BCUT2D eigenvalue weighted by atomic mass is 32.2. The largest absolute Gasteiger partial charge is 0.457 e. The molecule has 45 heavy (non-hydrogen) atoms. The normalized spacial score (nSPS) is 18.7. The van der Waals surface area contributed by atoms with Crippen molar-refractivity contribution in [1.29, 1.82) is 0 Å². The highest BCUT2D eigenvalue weighted by Gasteiger charge is 2.44.